The molecule has 0 aromatic carbocycles. The summed E-state index contributed by atoms with van der Waals surface area (Å²) in [6.45, 7) is 8.65. The third-order valence-corrected chi connectivity index (χ3v) is 8.35. The first kappa shape index (κ1) is 21.3. The van der Waals surface area contributed by atoms with Crippen molar-refractivity contribution in [2.45, 2.75) is 76.3 Å². The Balaban J connectivity index is 1.78. The molecule has 2 aromatic heterocycles. The fourth-order valence-corrected chi connectivity index (χ4v) is 6.57. The van der Waals surface area contributed by atoms with E-state index in [4.69, 9.17) is 4.98 Å². The number of carboxylic acid groups (broad SMARTS) is 1. The highest BCUT2D eigenvalue weighted by molar-refractivity contribution is 5.79. The highest BCUT2D eigenvalue weighted by Crippen LogP contribution is 2.63. The number of rotatable bonds is 2. The third kappa shape index (κ3) is 2.83. The molecule has 2 aliphatic heterocycles. The molecule has 3 N–H and O–H groups in total. The van der Waals surface area contributed by atoms with Gasteiger partial charge in [-0.3, -0.25) is 15.1 Å². The first-order valence-electron chi connectivity index (χ1n) is 11.4. The van der Waals surface area contributed by atoms with Crippen LogP contribution in [0.2, 0.25) is 0 Å². The Labute approximate surface area is 188 Å². The van der Waals surface area contributed by atoms with E-state index in [9.17, 15) is 9.90 Å². The molecule has 3 atom stereocenters. The van der Waals surface area contributed by atoms with Crippen molar-refractivity contribution in [2.24, 2.45) is 5.41 Å². The molecular weight excluding hydrogens is 407 g/mol. The molecular formula is C25H31FN4O2. The third-order valence-electron chi connectivity index (χ3n) is 8.35. The smallest absolute Gasteiger partial charge is 0.321 e. The van der Waals surface area contributed by atoms with Crippen molar-refractivity contribution in [2.75, 3.05) is 11.9 Å². The lowest BCUT2D eigenvalue weighted by Crippen LogP contribution is -2.59. The summed E-state index contributed by atoms with van der Waals surface area (Å²) < 4.78 is 15.5. The van der Waals surface area contributed by atoms with Crippen molar-refractivity contribution in [3.63, 3.8) is 0 Å². The second-order valence-corrected chi connectivity index (χ2v) is 10.7. The van der Waals surface area contributed by atoms with Crippen molar-refractivity contribution in [1.29, 1.82) is 0 Å². The number of carboxylic acids is 1. The highest BCUT2D eigenvalue weighted by atomic mass is 19.1. The van der Waals surface area contributed by atoms with Gasteiger partial charge in [-0.05, 0) is 62.6 Å². The minimum Gasteiger partial charge on any atom is -0.480 e. The first-order chi connectivity index (χ1) is 15.1. The van der Waals surface area contributed by atoms with Gasteiger partial charge < -0.3 is 10.4 Å². The van der Waals surface area contributed by atoms with Crippen LogP contribution in [0.25, 0.3) is 0 Å². The number of nitrogens with one attached hydrogen (secondary N) is 2. The maximum atomic E-state index is 15.5. The molecule has 170 valence electrons. The Bertz CT molecular complexity index is 1090. The Morgan fingerprint density at radius 3 is 2.56 bits per heavy atom. The molecule has 6 nitrogen and oxygen atoms in total. The highest BCUT2D eigenvalue weighted by Gasteiger charge is 2.69. The van der Waals surface area contributed by atoms with Gasteiger partial charge in [0.1, 0.15) is 17.7 Å². The number of aromatic nitrogens is 2. The van der Waals surface area contributed by atoms with Crippen molar-refractivity contribution in [1.82, 2.24) is 15.3 Å². The first-order valence-corrected chi connectivity index (χ1v) is 11.4. The topological polar surface area (TPSA) is 87.1 Å². The largest absolute Gasteiger partial charge is 0.480 e. The van der Waals surface area contributed by atoms with Gasteiger partial charge in [0.05, 0.1) is 5.69 Å². The maximum Gasteiger partial charge on any atom is 0.321 e. The number of aliphatic carboxylic acids is 1. The van der Waals surface area contributed by atoms with Crippen molar-refractivity contribution in [3.8, 4) is 0 Å². The minimum absolute atomic E-state index is 0.198. The van der Waals surface area contributed by atoms with Gasteiger partial charge in [0.25, 0.3) is 0 Å². The van der Waals surface area contributed by atoms with Gasteiger partial charge in [0.2, 0.25) is 0 Å². The van der Waals surface area contributed by atoms with Crippen LogP contribution in [0.5, 0.6) is 0 Å². The van der Waals surface area contributed by atoms with Crippen LogP contribution in [-0.2, 0) is 10.2 Å². The zero-order valence-electron chi connectivity index (χ0n) is 19.1. The molecule has 0 unspecified atom stereocenters. The summed E-state index contributed by atoms with van der Waals surface area (Å²) in [5, 5.41) is 17.4. The Morgan fingerprint density at radius 1 is 1.16 bits per heavy atom. The summed E-state index contributed by atoms with van der Waals surface area (Å²) in [7, 11) is 0. The van der Waals surface area contributed by atoms with E-state index in [2.05, 4.69) is 35.5 Å². The summed E-state index contributed by atoms with van der Waals surface area (Å²) in [5.74, 6) is -1.15. The van der Waals surface area contributed by atoms with E-state index >= 15 is 4.39 Å². The predicted octanol–water partition coefficient (Wildman–Crippen LogP) is 4.08. The van der Waals surface area contributed by atoms with Gasteiger partial charge in [-0.25, -0.2) is 9.37 Å². The van der Waals surface area contributed by atoms with Crippen molar-refractivity contribution < 1.29 is 14.3 Å². The number of carbonyl (C=O) groups is 1. The molecule has 4 heterocycles. The fraction of sp³-hybridized carbons (Fsp3) is 0.560. The van der Waals surface area contributed by atoms with E-state index in [1.807, 2.05) is 13.0 Å². The number of nitrogens with zero attached hydrogens (tertiary/aromatic N) is 2. The summed E-state index contributed by atoms with van der Waals surface area (Å²) in [6, 6.07) is 4.82. The van der Waals surface area contributed by atoms with Crippen LogP contribution in [0.3, 0.4) is 0 Å². The van der Waals surface area contributed by atoms with E-state index in [0.29, 0.717) is 17.8 Å². The Hall–Kier alpha value is -2.54. The van der Waals surface area contributed by atoms with E-state index in [-0.39, 0.29) is 5.41 Å². The van der Waals surface area contributed by atoms with Crippen LogP contribution in [0.15, 0.2) is 24.4 Å². The van der Waals surface area contributed by atoms with Crippen molar-refractivity contribution >= 4 is 11.8 Å². The Morgan fingerprint density at radius 2 is 1.88 bits per heavy atom. The van der Waals surface area contributed by atoms with Crippen LogP contribution in [-0.4, -0.2) is 39.2 Å². The summed E-state index contributed by atoms with van der Waals surface area (Å²) in [5.41, 5.74) is 1.72. The SMILES string of the molecule is Cc1ccc2c(n1)NC[C@]21[C@@H](c2ccnc(C)c2F)[C@H](C(=O)O)NC12CCC(C)(C)CC2. The van der Waals surface area contributed by atoms with Gasteiger partial charge in [-0.2, -0.15) is 0 Å². The van der Waals surface area contributed by atoms with E-state index < -0.39 is 34.7 Å². The molecule has 32 heavy (non-hydrogen) atoms. The second-order valence-electron chi connectivity index (χ2n) is 10.7. The average molecular weight is 439 g/mol. The summed E-state index contributed by atoms with van der Waals surface area (Å²) in [4.78, 5) is 21.4. The number of fused-ring (bicyclic) bond motifs is 3. The average Bonchev–Trinajstić information content (AvgIpc) is 3.24. The zero-order chi connectivity index (χ0) is 22.9. The summed E-state index contributed by atoms with van der Waals surface area (Å²) >= 11 is 0. The van der Waals surface area contributed by atoms with Crippen LogP contribution in [0.1, 0.15) is 68.0 Å². The molecule has 0 amide bonds. The monoisotopic (exact) mass is 438 g/mol. The predicted molar refractivity (Wildman–Crippen MR) is 120 cm³/mol. The van der Waals surface area contributed by atoms with Crippen LogP contribution < -0.4 is 10.6 Å². The minimum atomic E-state index is -0.946. The molecule has 1 saturated heterocycles. The number of halogens is 1. The van der Waals surface area contributed by atoms with E-state index in [1.54, 1.807) is 19.2 Å². The normalized spacial score (nSPS) is 29.8. The lowest BCUT2D eigenvalue weighted by atomic mass is 9.54. The molecule has 3 aliphatic rings. The van der Waals surface area contributed by atoms with Crippen molar-refractivity contribution in [3.05, 3.63) is 52.7 Å². The summed E-state index contributed by atoms with van der Waals surface area (Å²) in [6.07, 6.45) is 5.22. The fourth-order valence-electron chi connectivity index (χ4n) is 6.57. The van der Waals surface area contributed by atoms with Crippen LogP contribution in [0.4, 0.5) is 10.2 Å². The van der Waals surface area contributed by atoms with Gasteiger partial charge >= 0.3 is 5.97 Å². The van der Waals surface area contributed by atoms with Gasteiger partial charge in [-0.1, -0.05) is 19.9 Å². The van der Waals surface area contributed by atoms with Gasteiger partial charge in [0, 0.05) is 40.9 Å². The van der Waals surface area contributed by atoms with E-state index in [0.717, 1.165) is 42.8 Å². The number of hydrogen-bond donors (Lipinski definition) is 3. The number of anilines is 1. The molecule has 1 aliphatic carbocycles. The van der Waals surface area contributed by atoms with Gasteiger partial charge in [-0.15, -0.1) is 0 Å². The van der Waals surface area contributed by atoms with Gasteiger partial charge in [0.15, 0.2) is 0 Å². The molecule has 2 aromatic rings. The zero-order valence-corrected chi connectivity index (χ0v) is 19.1. The Kier molecular flexibility index (Phi) is 4.65. The van der Waals surface area contributed by atoms with Crippen LogP contribution in [0, 0.1) is 25.1 Å². The number of aryl methyl sites for hydroxylation is 2. The quantitative estimate of drug-likeness (QED) is 0.655. The molecule has 0 radical (unpaired) electrons. The van der Waals surface area contributed by atoms with E-state index in [1.165, 1.54) is 0 Å². The lowest BCUT2D eigenvalue weighted by molar-refractivity contribution is -0.139. The molecule has 5 rings (SSSR count). The molecule has 2 fully saturated rings. The number of hydrogen-bond acceptors (Lipinski definition) is 5. The standard InChI is InChI=1S/C25H31FN4O2/c1-14-5-6-17-21(29-14)28-13-25(17)18(16-7-12-27-15(2)19(16)26)20(22(31)32)30-24(25)10-8-23(3,4)9-11-24/h5-7,12,18,20,30H,8-11,13H2,1-4H3,(H,28,29)(H,31,32)/t18-,20+,25+/m0/s1. The second kappa shape index (κ2) is 6.98. The number of pyridine rings is 2. The molecule has 2 spiro atoms. The molecule has 7 heteroatoms. The maximum absolute atomic E-state index is 15.5. The molecule has 0 bridgehead atoms. The molecule has 1 saturated carbocycles. The lowest BCUT2D eigenvalue weighted by Gasteiger charge is -2.51. The van der Waals surface area contributed by atoms with Crippen LogP contribution >= 0.6 is 0 Å².